The Kier molecular flexibility index (Phi) is 4.81. The van der Waals surface area contributed by atoms with Crippen LogP contribution < -0.4 is 4.74 Å². The smallest absolute Gasteiger partial charge is 0.306 e. The van der Waals surface area contributed by atoms with Gasteiger partial charge in [-0.05, 0) is 68.2 Å². The van der Waals surface area contributed by atoms with Crippen LogP contribution in [0.2, 0.25) is 0 Å². The molecule has 0 bridgehead atoms. The fourth-order valence-electron chi connectivity index (χ4n) is 3.96. The number of methoxy groups -OCH3 is 1. The molecule has 1 aliphatic carbocycles. The van der Waals surface area contributed by atoms with Crippen LogP contribution in [0.25, 0.3) is 0 Å². The summed E-state index contributed by atoms with van der Waals surface area (Å²) in [5, 5.41) is 9.07. The molecule has 1 N–H and O–H groups in total. The summed E-state index contributed by atoms with van der Waals surface area (Å²) in [7, 11) is -1.96. The van der Waals surface area contributed by atoms with Crippen LogP contribution >= 0.6 is 0 Å². The van der Waals surface area contributed by atoms with Crippen molar-refractivity contribution in [3.05, 3.63) is 23.3 Å². The van der Waals surface area contributed by atoms with E-state index < -0.39 is 16.0 Å². The van der Waals surface area contributed by atoms with E-state index in [4.69, 9.17) is 9.84 Å². The number of carbonyl (C=O) groups is 1. The number of carboxylic acid groups (broad SMARTS) is 1. The highest BCUT2D eigenvalue weighted by Crippen LogP contribution is 2.48. The third-order valence-electron chi connectivity index (χ3n) is 5.57. The monoisotopic (exact) mass is 367 g/mol. The van der Waals surface area contributed by atoms with Crippen LogP contribution in [0, 0.1) is 31.6 Å². The van der Waals surface area contributed by atoms with Crippen molar-refractivity contribution in [1.29, 1.82) is 0 Å². The lowest BCUT2D eigenvalue weighted by Gasteiger charge is -2.32. The molecular formula is C18H25NO5S. The largest absolute Gasteiger partial charge is 0.496 e. The standard InChI is InChI=1S/C18H25NO5S/c1-11-9-17(12(2)8-16(11)24-3)25(22,23)19-6-4-13(5-7-19)14-10-15(14)18(20)21/h8-9,13-15H,4-7,10H2,1-3H3,(H,20,21)/t14-,15+/m0/s1. The van der Waals surface area contributed by atoms with E-state index in [1.165, 1.54) is 4.31 Å². The summed E-state index contributed by atoms with van der Waals surface area (Å²) < 4.78 is 32.8. The van der Waals surface area contributed by atoms with E-state index in [0.29, 0.717) is 35.2 Å². The number of ether oxygens (including phenoxy) is 1. The molecule has 25 heavy (non-hydrogen) atoms. The first kappa shape index (κ1) is 18.2. The van der Waals surface area contributed by atoms with Gasteiger partial charge in [0.05, 0.1) is 17.9 Å². The Balaban J connectivity index is 1.72. The summed E-state index contributed by atoms with van der Waals surface area (Å²) in [5.74, 6) is 0.297. The Labute approximate surface area is 148 Å². The third kappa shape index (κ3) is 3.40. The van der Waals surface area contributed by atoms with Crippen LogP contribution in [0.4, 0.5) is 0 Å². The second-order valence-corrected chi connectivity index (χ2v) is 9.08. The van der Waals surface area contributed by atoms with Gasteiger partial charge in [0.25, 0.3) is 0 Å². The topological polar surface area (TPSA) is 83.9 Å². The van der Waals surface area contributed by atoms with Crippen molar-refractivity contribution < 1.29 is 23.1 Å². The molecule has 6 nitrogen and oxygen atoms in total. The Morgan fingerprint density at radius 2 is 1.84 bits per heavy atom. The van der Waals surface area contributed by atoms with Gasteiger partial charge in [0.15, 0.2) is 0 Å². The van der Waals surface area contributed by atoms with E-state index in [-0.39, 0.29) is 11.8 Å². The predicted octanol–water partition coefficient (Wildman–Crippen LogP) is 2.43. The molecule has 7 heteroatoms. The summed E-state index contributed by atoms with van der Waals surface area (Å²) >= 11 is 0. The molecule has 2 atom stereocenters. The zero-order valence-electron chi connectivity index (χ0n) is 14.9. The molecule has 1 aliphatic heterocycles. The first-order valence-electron chi connectivity index (χ1n) is 8.64. The summed E-state index contributed by atoms with van der Waals surface area (Å²) in [6.45, 7) is 4.53. The quantitative estimate of drug-likeness (QED) is 0.864. The number of carboxylic acids is 1. The van der Waals surface area contributed by atoms with Gasteiger partial charge in [0.1, 0.15) is 5.75 Å². The van der Waals surface area contributed by atoms with Gasteiger partial charge in [-0.15, -0.1) is 0 Å². The van der Waals surface area contributed by atoms with E-state index >= 15 is 0 Å². The first-order chi connectivity index (χ1) is 11.8. The van der Waals surface area contributed by atoms with Crippen LogP contribution in [-0.4, -0.2) is 44.0 Å². The minimum absolute atomic E-state index is 0.223. The number of hydrogen-bond acceptors (Lipinski definition) is 4. The van der Waals surface area contributed by atoms with Crippen molar-refractivity contribution in [3.8, 4) is 5.75 Å². The molecule has 0 radical (unpaired) electrons. The molecule has 0 spiro atoms. The Bertz CT molecular complexity index is 781. The molecule has 0 unspecified atom stereocenters. The Hall–Kier alpha value is -1.60. The molecule has 1 aromatic rings. The molecule has 1 aromatic carbocycles. The fourth-order valence-corrected chi connectivity index (χ4v) is 5.73. The molecule has 1 heterocycles. The highest BCUT2D eigenvalue weighted by Gasteiger charge is 2.48. The van der Waals surface area contributed by atoms with Crippen molar-refractivity contribution in [2.45, 2.75) is 38.0 Å². The highest BCUT2D eigenvalue weighted by atomic mass is 32.2. The van der Waals surface area contributed by atoms with E-state index in [9.17, 15) is 13.2 Å². The summed E-state index contributed by atoms with van der Waals surface area (Å²) in [5.41, 5.74) is 1.47. The molecule has 1 saturated heterocycles. The Morgan fingerprint density at radius 3 is 2.36 bits per heavy atom. The van der Waals surface area contributed by atoms with Gasteiger partial charge in [-0.2, -0.15) is 4.31 Å². The minimum Gasteiger partial charge on any atom is -0.496 e. The number of aliphatic carboxylic acids is 1. The van der Waals surface area contributed by atoms with Gasteiger partial charge in [0.2, 0.25) is 10.0 Å². The highest BCUT2D eigenvalue weighted by molar-refractivity contribution is 7.89. The molecular weight excluding hydrogens is 342 g/mol. The molecule has 2 fully saturated rings. The normalized spacial score (nSPS) is 24.9. The van der Waals surface area contributed by atoms with Crippen LogP contribution in [0.15, 0.2) is 17.0 Å². The van der Waals surface area contributed by atoms with Gasteiger partial charge in [0, 0.05) is 13.1 Å². The molecule has 0 amide bonds. The maximum atomic E-state index is 13.0. The van der Waals surface area contributed by atoms with Gasteiger partial charge < -0.3 is 9.84 Å². The SMILES string of the molecule is COc1cc(C)c(S(=O)(=O)N2CCC([C@@H]3C[C@H]3C(=O)O)CC2)cc1C. The van der Waals surface area contributed by atoms with Gasteiger partial charge >= 0.3 is 5.97 Å². The molecule has 0 aromatic heterocycles. The van der Waals surface area contributed by atoms with Crippen molar-refractivity contribution in [1.82, 2.24) is 4.31 Å². The fraction of sp³-hybridized carbons (Fsp3) is 0.611. The van der Waals surface area contributed by atoms with Crippen LogP contribution in [0.3, 0.4) is 0 Å². The summed E-state index contributed by atoms with van der Waals surface area (Å²) in [4.78, 5) is 11.4. The lowest BCUT2D eigenvalue weighted by Crippen LogP contribution is -2.39. The average molecular weight is 367 g/mol. The number of rotatable bonds is 5. The average Bonchev–Trinajstić information content (AvgIpc) is 3.37. The van der Waals surface area contributed by atoms with Crippen molar-refractivity contribution in [2.75, 3.05) is 20.2 Å². The van der Waals surface area contributed by atoms with E-state index in [1.807, 2.05) is 6.92 Å². The van der Waals surface area contributed by atoms with E-state index in [2.05, 4.69) is 0 Å². The lowest BCUT2D eigenvalue weighted by atomic mass is 9.92. The van der Waals surface area contributed by atoms with Crippen LogP contribution in [0.5, 0.6) is 5.75 Å². The van der Waals surface area contributed by atoms with Crippen LogP contribution in [-0.2, 0) is 14.8 Å². The third-order valence-corrected chi connectivity index (χ3v) is 7.61. The predicted molar refractivity (Wildman–Crippen MR) is 93.2 cm³/mol. The molecule has 138 valence electrons. The zero-order chi connectivity index (χ0) is 18.4. The van der Waals surface area contributed by atoms with Crippen molar-refractivity contribution in [2.24, 2.45) is 17.8 Å². The van der Waals surface area contributed by atoms with Gasteiger partial charge in [-0.25, -0.2) is 8.42 Å². The number of hydrogen-bond donors (Lipinski definition) is 1. The number of nitrogens with zero attached hydrogens (tertiary/aromatic N) is 1. The second-order valence-electron chi connectivity index (χ2n) is 7.17. The summed E-state index contributed by atoms with van der Waals surface area (Å²) in [6, 6.07) is 3.44. The molecule has 1 saturated carbocycles. The molecule has 3 rings (SSSR count). The maximum absolute atomic E-state index is 13.0. The lowest BCUT2D eigenvalue weighted by molar-refractivity contribution is -0.139. The Morgan fingerprint density at radius 1 is 1.20 bits per heavy atom. The second kappa shape index (κ2) is 6.61. The molecule has 2 aliphatic rings. The van der Waals surface area contributed by atoms with Crippen molar-refractivity contribution >= 4 is 16.0 Å². The first-order valence-corrected chi connectivity index (χ1v) is 10.1. The van der Waals surface area contributed by atoms with Gasteiger partial charge in [-0.3, -0.25) is 4.79 Å². The minimum atomic E-state index is -3.54. The van der Waals surface area contributed by atoms with Crippen LogP contribution in [0.1, 0.15) is 30.4 Å². The number of sulfonamides is 1. The van der Waals surface area contributed by atoms with E-state index in [0.717, 1.165) is 24.8 Å². The summed E-state index contributed by atoms with van der Waals surface area (Å²) in [6.07, 6.45) is 2.22. The van der Waals surface area contributed by atoms with E-state index in [1.54, 1.807) is 26.2 Å². The number of aryl methyl sites for hydroxylation is 2. The van der Waals surface area contributed by atoms with Crippen molar-refractivity contribution in [3.63, 3.8) is 0 Å². The zero-order valence-corrected chi connectivity index (χ0v) is 15.7. The number of piperidine rings is 1. The van der Waals surface area contributed by atoms with Gasteiger partial charge in [-0.1, -0.05) is 0 Å². The number of benzene rings is 1. The maximum Gasteiger partial charge on any atom is 0.306 e.